The molecule has 10 nitrogen and oxygen atoms in total. The summed E-state index contributed by atoms with van der Waals surface area (Å²) in [6.07, 6.45) is 5.35. The number of pyridine rings is 1. The summed E-state index contributed by atoms with van der Waals surface area (Å²) in [4.78, 5) is 44.7. The van der Waals surface area contributed by atoms with Gasteiger partial charge in [-0.2, -0.15) is 0 Å². The Balaban J connectivity index is 1.46. The highest BCUT2D eigenvalue weighted by molar-refractivity contribution is 6.00. The molecule has 224 valence electrons. The molecule has 2 amide bonds. The minimum atomic E-state index is -0.252. The number of aromatic nitrogens is 1. The Bertz CT molecular complexity index is 1520. The second-order valence-corrected chi connectivity index (χ2v) is 12.6. The molecule has 3 atom stereocenters. The number of hydrogen-bond acceptors (Lipinski definition) is 6. The summed E-state index contributed by atoms with van der Waals surface area (Å²) in [6, 6.07) is 7.45. The molecule has 2 fully saturated rings. The molecule has 42 heavy (non-hydrogen) atoms. The summed E-state index contributed by atoms with van der Waals surface area (Å²) in [6.45, 7) is 11.6. The number of hydrazine groups is 1. The average molecular weight is 575 g/mol. The molecule has 0 bridgehead atoms. The summed E-state index contributed by atoms with van der Waals surface area (Å²) in [5, 5.41) is 15.4. The first-order valence-corrected chi connectivity index (χ1v) is 14.7. The molecular weight excluding hydrogens is 532 g/mol. The smallest absolute Gasteiger partial charge is 0.276 e. The van der Waals surface area contributed by atoms with E-state index >= 15 is 0 Å². The zero-order chi connectivity index (χ0) is 30.3. The highest BCUT2D eigenvalue weighted by atomic mass is 16.3. The van der Waals surface area contributed by atoms with Crippen LogP contribution in [0.5, 0.6) is 0 Å². The summed E-state index contributed by atoms with van der Waals surface area (Å²) in [7, 11) is 1.68. The van der Waals surface area contributed by atoms with E-state index in [-0.39, 0.29) is 53.0 Å². The molecule has 2 aliphatic heterocycles. The van der Waals surface area contributed by atoms with Gasteiger partial charge in [0.25, 0.3) is 5.56 Å². The van der Waals surface area contributed by atoms with E-state index in [9.17, 15) is 19.5 Å². The lowest BCUT2D eigenvalue weighted by Crippen LogP contribution is -2.43. The predicted molar refractivity (Wildman–Crippen MR) is 164 cm³/mol. The Morgan fingerprint density at radius 2 is 1.98 bits per heavy atom. The van der Waals surface area contributed by atoms with Gasteiger partial charge in [-0.15, -0.1) is 0 Å². The zero-order valence-electron chi connectivity index (χ0n) is 25.4. The number of nitrogens with one attached hydrogen (secondary N) is 2. The Morgan fingerprint density at radius 1 is 1.21 bits per heavy atom. The molecule has 3 N–H and O–H groups in total. The monoisotopic (exact) mass is 574 g/mol. The van der Waals surface area contributed by atoms with Crippen LogP contribution in [0.3, 0.4) is 0 Å². The van der Waals surface area contributed by atoms with Gasteiger partial charge in [0, 0.05) is 69.0 Å². The van der Waals surface area contributed by atoms with Crippen molar-refractivity contribution in [3.8, 4) is 11.1 Å². The van der Waals surface area contributed by atoms with E-state index in [4.69, 9.17) is 4.99 Å². The van der Waals surface area contributed by atoms with Crippen molar-refractivity contribution >= 4 is 29.0 Å². The quantitative estimate of drug-likeness (QED) is 0.437. The molecule has 1 aliphatic carbocycles. The maximum atomic E-state index is 13.6. The number of nitrogens with zero attached hydrogens (tertiary/aromatic N) is 4. The fraction of sp³-hybridized carbons (Fsp3) is 0.500. The van der Waals surface area contributed by atoms with E-state index in [1.165, 1.54) is 17.1 Å². The third-order valence-electron chi connectivity index (χ3n) is 8.71. The number of hydrogen-bond donors (Lipinski definition) is 3. The van der Waals surface area contributed by atoms with Crippen LogP contribution >= 0.6 is 0 Å². The molecule has 10 heteroatoms. The topological polar surface area (TPSA) is 119 Å². The first kappa shape index (κ1) is 29.7. The van der Waals surface area contributed by atoms with Crippen LogP contribution in [0, 0.1) is 17.3 Å². The third kappa shape index (κ3) is 5.65. The second-order valence-electron chi connectivity index (χ2n) is 12.6. The number of allylic oxidation sites excluding steroid dienone is 1. The van der Waals surface area contributed by atoms with Crippen LogP contribution in [-0.2, 0) is 23.2 Å². The average Bonchev–Trinajstić information content (AvgIpc) is 3.63. The molecule has 0 saturated carbocycles. The first-order chi connectivity index (χ1) is 19.9. The minimum Gasteiger partial charge on any atom is -0.392 e. The van der Waals surface area contributed by atoms with Crippen LogP contribution in [0.15, 0.2) is 51.9 Å². The fourth-order valence-electron chi connectivity index (χ4n) is 6.37. The third-order valence-corrected chi connectivity index (χ3v) is 8.71. The van der Waals surface area contributed by atoms with Gasteiger partial charge in [0.15, 0.2) is 0 Å². The highest BCUT2D eigenvalue weighted by Gasteiger charge is 2.45. The van der Waals surface area contributed by atoms with Gasteiger partial charge in [-0.05, 0) is 29.5 Å². The number of likely N-dealkylation sites (N-methyl/N-ethyl adjacent to an activating group) is 1. The number of benzene rings is 1. The van der Waals surface area contributed by atoms with Gasteiger partial charge in [-0.3, -0.25) is 14.4 Å². The number of amides is 2. The Labute approximate surface area is 247 Å². The van der Waals surface area contributed by atoms with Crippen molar-refractivity contribution in [1.29, 1.82) is 0 Å². The molecule has 3 unspecified atom stereocenters. The van der Waals surface area contributed by atoms with E-state index in [1.807, 2.05) is 35.0 Å². The molecule has 1 aromatic carbocycles. The highest BCUT2D eigenvalue weighted by Crippen LogP contribution is 2.46. The van der Waals surface area contributed by atoms with E-state index in [0.717, 1.165) is 17.5 Å². The van der Waals surface area contributed by atoms with Gasteiger partial charge in [0.05, 0.1) is 18.6 Å². The number of rotatable bonds is 7. The van der Waals surface area contributed by atoms with Crippen molar-refractivity contribution in [1.82, 2.24) is 20.3 Å². The Hall–Kier alpha value is -3.76. The van der Waals surface area contributed by atoms with Gasteiger partial charge in [-0.25, -0.2) is 10.0 Å². The number of anilines is 1. The van der Waals surface area contributed by atoms with Crippen molar-refractivity contribution in [3.05, 3.63) is 58.0 Å². The van der Waals surface area contributed by atoms with Crippen LogP contribution in [0.2, 0.25) is 0 Å². The maximum Gasteiger partial charge on any atom is 0.276 e. The van der Waals surface area contributed by atoms with Crippen molar-refractivity contribution in [2.75, 3.05) is 24.5 Å². The first-order valence-electron chi connectivity index (χ1n) is 14.7. The molecule has 3 heterocycles. The standard InChI is InChI=1S/C32H42N6O4/c1-7-38-23(15-33-19(2)40)14-29(35-38)34-27-12-21(16-36(6)31(27)42)24-9-8-10-28(26(24)18-39)37-17-20-11-22(32(3,4)5)13-25(20)30(37)41/h8-12,16,20,23,25,39H,7,13-15,17-18H2,1-6H3,(H,33,40)(H,34,35). The SMILES string of the molecule is CCN1NC(=Nc2cc(-c3cccc(N4CC5C=C(C(C)(C)C)CC5C4=O)c3CO)cn(C)c2=O)CC1CNC(C)=O. The summed E-state index contributed by atoms with van der Waals surface area (Å²) in [5.74, 6) is 0.749. The van der Waals surface area contributed by atoms with Crippen LogP contribution in [0.1, 0.15) is 53.0 Å². The number of amidine groups is 1. The molecule has 0 spiro atoms. The molecule has 2 saturated heterocycles. The van der Waals surface area contributed by atoms with Crippen LogP contribution in [0.4, 0.5) is 11.4 Å². The number of aliphatic hydroxyl groups is 1. The predicted octanol–water partition coefficient (Wildman–Crippen LogP) is 3.26. The van der Waals surface area contributed by atoms with E-state index in [2.05, 4.69) is 37.6 Å². The molecule has 3 aliphatic rings. The largest absolute Gasteiger partial charge is 0.392 e. The number of aliphatic hydroxyl groups excluding tert-OH is 1. The Kier molecular flexibility index (Phi) is 8.13. The normalized spacial score (nSPS) is 23.4. The molecular formula is C32H42N6O4. The number of aliphatic imine (C=N–C) groups is 1. The summed E-state index contributed by atoms with van der Waals surface area (Å²) < 4.78 is 1.49. The number of fused-ring (bicyclic) bond motifs is 1. The van der Waals surface area contributed by atoms with E-state index < -0.39 is 0 Å². The zero-order valence-corrected chi connectivity index (χ0v) is 25.4. The van der Waals surface area contributed by atoms with Gasteiger partial charge in [-0.1, -0.05) is 51.5 Å². The van der Waals surface area contributed by atoms with Crippen LogP contribution in [0.25, 0.3) is 11.1 Å². The second kappa shape index (κ2) is 11.5. The molecule has 1 aromatic heterocycles. The number of carbonyl (C=O) groups excluding carboxylic acids is 2. The van der Waals surface area contributed by atoms with Crippen molar-refractivity contribution < 1.29 is 14.7 Å². The van der Waals surface area contributed by atoms with Crippen molar-refractivity contribution in [2.24, 2.45) is 29.3 Å². The van der Waals surface area contributed by atoms with Gasteiger partial charge in [0.2, 0.25) is 11.8 Å². The van der Waals surface area contributed by atoms with Crippen molar-refractivity contribution in [3.63, 3.8) is 0 Å². The van der Waals surface area contributed by atoms with Gasteiger partial charge < -0.3 is 25.3 Å². The van der Waals surface area contributed by atoms with E-state index in [0.29, 0.717) is 43.1 Å². The molecule has 0 radical (unpaired) electrons. The fourth-order valence-corrected chi connectivity index (χ4v) is 6.37. The van der Waals surface area contributed by atoms with Gasteiger partial charge >= 0.3 is 0 Å². The summed E-state index contributed by atoms with van der Waals surface area (Å²) in [5.41, 5.74) is 7.51. The Morgan fingerprint density at radius 3 is 2.62 bits per heavy atom. The van der Waals surface area contributed by atoms with Gasteiger partial charge in [0.1, 0.15) is 11.5 Å². The molecule has 2 aromatic rings. The van der Waals surface area contributed by atoms with Crippen molar-refractivity contribution in [2.45, 2.75) is 60.1 Å². The maximum absolute atomic E-state index is 13.6. The number of aryl methyl sites for hydroxylation is 1. The lowest BCUT2D eigenvalue weighted by atomic mass is 9.85. The lowest BCUT2D eigenvalue weighted by molar-refractivity contribution is -0.121. The van der Waals surface area contributed by atoms with Crippen LogP contribution in [-0.4, -0.2) is 58.0 Å². The van der Waals surface area contributed by atoms with E-state index in [1.54, 1.807) is 19.3 Å². The lowest BCUT2D eigenvalue weighted by Gasteiger charge is -2.25. The minimum absolute atomic E-state index is 0.0224. The number of carbonyl (C=O) groups is 2. The summed E-state index contributed by atoms with van der Waals surface area (Å²) >= 11 is 0. The molecule has 5 rings (SSSR count). The van der Waals surface area contributed by atoms with Crippen LogP contribution < -0.4 is 21.2 Å².